The van der Waals surface area contributed by atoms with E-state index < -0.39 is 5.97 Å². The van der Waals surface area contributed by atoms with E-state index in [1.807, 2.05) is 6.07 Å². The van der Waals surface area contributed by atoms with Crippen molar-refractivity contribution in [1.29, 1.82) is 0 Å². The molecule has 1 aromatic rings. The number of carboxylic acids is 1. The molecule has 4 heteroatoms. The lowest BCUT2D eigenvalue weighted by atomic mass is 9.93. The minimum atomic E-state index is -0.829. The van der Waals surface area contributed by atoms with Crippen molar-refractivity contribution in [3.05, 3.63) is 21.9 Å². The van der Waals surface area contributed by atoms with Gasteiger partial charge < -0.3 is 10.4 Å². The van der Waals surface area contributed by atoms with Gasteiger partial charge in [-0.05, 0) is 25.0 Å². The average Bonchev–Trinajstić information content (AvgIpc) is 2.50. The molecule has 1 aliphatic rings. The Bertz CT molecular complexity index is 331. The molecule has 3 nitrogen and oxygen atoms in total. The molecule has 0 aliphatic heterocycles. The van der Waals surface area contributed by atoms with Crippen LogP contribution in [0.25, 0.3) is 0 Å². The first-order valence-electron chi connectivity index (χ1n) is 4.81. The summed E-state index contributed by atoms with van der Waals surface area (Å²) in [6.07, 6.45) is 3.84. The molecule has 1 aromatic heterocycles. The van der Waals surface area contributed by atoms with Gasteiger partial charge in [0.15, 0.2) is 0 Å². The molecule has 0 aromatic carbocycles. The maximum Gasteiger partial charge on any atom is 0.345 e. The molecule has 1 saturated carbocycles. The van der Waals surface area contributed by atoms with E-state index in [0.29, 0.717) is 10.9 Å². The van der Waals surface area contributed by atoms with Crippen molar-refractivity contribution in [2.45, 2.75) is 31.8 Å². The second kappa shape index (κ2) is 4.11. The molecule has 2 rings (SSSR count). The number of nitrogens with one attached hydrogen (secondary N) is 1. The Kier molecular flexibility index (Phi) is 2.84. The van der Waals surface area contributed by atoms with Gasteiger partial charge in [-0.3, -0.25) is 0 Å². The minimum absolute atomic E-state index is 0.426. The zero-order valence-electron chi connectivity index (χ0n) is 7.82. The molecule has 0 unspecified atom stereocenters. The highest BCUT2D eigenvalue weighted by molar-refractivity contribution is 7.13. The van der Waals surface area contributed by atoms with Crippen LogP contribution in [-0.2, 0) is 6.54 Å². The van der Waals surface area contributed by atoms with E-state index in [1.54, 1.807) is 6.07 Å². The summed E-state index contributed by atoms with van der Waals surface area (Å²) < 4.78 is 0. The number of rotatable bonds is 4. The fourth-order valence-corrected chi connectivity index (χ4v) is 2.24. The lowest BCUT2D eigenvalue weighted by Gasteiger charge is -2.26. The van der Waals surface area contributed by atoms with E-state index >= 15 is 0 Å². The number of carbonyl (C=O) groups is 1. The van der Waals surface area contributed by atoms with Crippen molar-refractivity contribution in [2.24, 2.45) is 0 Å². The van der Waals surface area contributed by atoms with Crippen LogP contribution in [0.2, 0.25) is 0 Å². The number of thiophene rings is 1. The second-order valence-corrected chi connectivity index (χ2v) is 4.75. The van der Waals surface area contributed by atoms with Crippen LogP contribution in [-0.4, -0.2) is 17.1 Å². The number of carboxylic acid groups (broad SMARTS) is 1. The van der Waals surface area contributed by atoms with Crippen molar-refractivity contribution >= 4 is 17.3 Å². The van der Waals surface area contributed by atoms with E-state index in [0.717, 1.165) is 11.4 Å². The fraction of sp³-hybridized carbons (Fsp3) is 0.500. The third-order valence-electron chi connectivity index (χ3n) is 2.54. The summed E-state index contributed by atoms with van der Waals surface area (Å²) >= 11 is 1.36. The van der Waals surface area contributed by atoms with Crippen LogP contribution in [0.4, 0.5) is 0 Å². The van der Waals surface area contributed by atoms with E-state index in [2.05, 4.69) is 5.32 Å². The molecule has 1 fully saturated rings. The van der Waals surface area contributed by atoms with E-state index in [1.165, 1.54) is 30.6 Å². The first-order chi connectivity index (χ1) is 6.75. The number of hydrogen-bond donors (Lipinski definition) is 2. The van der Waals surface area contributed by atoms with Gasteiger partial charge in [0.1, 0.15) is 4.88 Å². The molecule has 0 spiro atoms. The molecule has 2 N–H and O–H groups in total. The first-order valence-corrected chi connectivity index (χ1v) is 5.63. The summed E-state index contributed by atoms with van der Waals surface area (Å²) in [5.41, 5.74) is 0. The number of aromatic carboxylic acids is 1. The lowest BCUT2D eigenvalue weighted by Crippen LogP contribution is -2.34. The highest BCUT2D eigenvalue weighted by atomic mass is 32.1. The Morgan fingerprint density at radius 2 is 2.36 bits per heavy atom. The van der Waals surface area contributed by atoms with Gasteiger partial charge in [-0.2, -0.15) is 0 Å². The lowest BCUT2D eigenvalue weighted by molar-refractivity contribution is 0.0702. The summed E-state index contributed by atoms with van der Waals surface area (Å²) in [6.45, 7) is 0.808. The van der Waals surface area contributed by atoms with Gasteiger partial charge in [-0.15, -0.1) is 11.3 Å². The van der Waals surface area contributed by atoms with Gasteiger partial charge in [0.25, 0.3) is 0 Å². The minimum Gasteiger partial charge on any atom is -0.477 e. The highest BCUT2D eigenvalue weighted by Gasteiger charge is 2.16. The van der Waals surface area contributed by atoms with Crippen LogP contribution in [0.15, 0.2) is 12.1 Å². The Balaban J connectivity index is 1.86. The predicted molar refractivity (Wildman–Crippen MR) is 55.8 cm³/mol. The Hall–Kier alpha value is -0.870. The number of hydrogen-bond acceptors (Lipinski definition) is 3. The van der Waals surface area contributed by atoms with Crippen molar-refractivity contribution in [1.82, 2.24) is 5.32 Å². The molecular formula is C10H13NO2S. The van der Waals surface area contributed by atoms with Gasteiger partial charge in [-0.25, -0.2) is 4.79 Å². The highest BCUT2D eigenvalue weighted by Crippen LogP contribution is 2.20. The molecule has 0 saturated heterocycles. The van der Waals surface area contributed by atoms with Crippen LogP contribution in [0, 0.1) is 0 Å². The predicted octanol–water partition coefficient (Wildman–Crippen LogP) is 2.09. The topological polar surface area (TPSA) is 49.3 Å². The van der Waals surface area contributed by atoms with Gasteiger partial charge in [-0.1, -0.05) is 6.42 Å². The van der Waals surface area contributed by atoms with Crippen molar-refractivity contribution in [3.63, 3.8) is 0 Å². The summed E-state index contributed by atoms with van der Waals surface area (Å²) in [7, 11) is 0. The molecule has 0 bridgehead atoms. The van der Waals surface area contributed by atoms with Crippen LogP contribution >= 0.6 is 11.3 Å². The summed E-state index contributed by atoms with van der Waals surface area (Å²) in [5, 5.41) is 12.1. The zero-order chi connectivity index (χ0) is 9.97. The Labute approximate surface area is 86.8 Å². The zero-order valence-corrected chi connectivity index (χ0v) is 8.64. The second-order valence-electron chi connectivity index (χ2n) is 3.58. The summed E-state index contributed by atoms with van der Waals surface area (Å²) in [6, 6.07) is 4.22. The summed E-state index contributed by atoms with van der Waals surface area (Å²) in [4.78, 5) is 12.1. The van der Waals surface area contributed by atoms with Crippen LogP contribution < -0.4 is 5.32 Å². The molecular weight excluding hydrogens is 198 g/mol. The van der Waals surface area contributed by atoms with Crippen LogP contribution in [0.3, 0.4) is 0 Å². The normalized spacial score (nSPS) is 16.6. The van der Waals surface area contributed by atoms with Crippen LogP contribution in [0.1, 0.15) is 33.8 Å². The van der Waals surface area contributed by atoms with E-state index in [4.69, 9.17) is 5.11 Å². The van der Waals surface area contributed by atoms with E-state index in [-0.39, 0.29) is 0 Å². The third-order valence-corrected chi connectivity index (χ3v) is 3.62. The maximum atomic E-state index is 10.6. The van der Waals surface area contributed by atoms with Crippen LogP contribution in [0.5, 0.6) is 0 Å². The molecule has 0 amide bonds. The third kappa shape index (κ3) is 2.13. The van der Waals surface area contributed by atoms with Gasteiger partial charge in [0.2, 0.25) is 0 Å². The Morgan fingerprint density at radius 1 is 1.57 bits per heavy atom. The largest absolute Gasteiger partial charge is 0.477 e. The molecule has 14 heavy (non-hydrogen) atoms. The van der Waals surface area contributed by atoms with E-state index in [9.17, 15) is 4.79 Å². The first kappa shape index (κ1) is 9.68. The monoisotopic (exact) mass is 211 g/mol. The Morgan fingerprint density at radius 3 is 2.86 bits per heavy atom. The van der Waals surface area contributed by atoms with Gasteiger partial charge in [0, 0.05) is 17.5 Å². The van der Waals surface area contributed by atoms with Gasteiger partial charge in [0.05, 0.1) is 0 Å². The van der Waals surface area contributed by atoms with Crippen molar-refractivity contribution < 1.29 is 9.90 Å². The van der Waals surface area contributed by atoms with Gasteiger partial charge >= 0.3 is 5.97 Å². The fourth-order valence-electron chi connectivity index (χ4n) is 1.45. The SMILES string of the molecule is O=C(O)c1ccc(CNC2CCC2)s1. The molecule has 0 radical (unpaired) electrons. The molecule has 0 atom stereocenters. The van der Waals surface area contributed by atoms with Crippen molar-refractivity contribution in [2.75, 3.05) is 0 Å². The molecule has 1 aliphatic carbocycles. The van der Waals surface area contributed by atoms with Crippen molar-refractivity contribution in [3.8, 4) is 0 Å². The standard InChI is InChI=1S/C10H13NO2S/c12-10(13)9-5-4-8(14-9)6-11-7-2-1-3-7/h4-5,7,11H,1-3,6H2,(H,12,13). The summed E-state index contributed by atoms with van der Waals surface area (Å²) in [5.74, 6) is -0.829. The maximum absolute atomic E-state index is 10.6. The smallest absolute Gasteiger partial charge is 0.345 e. The average molecular weight is 211 g/mol. The molecule has 76 valence electrons. The molecule has 1 heterocycles. The quantitative estimate of drug-likeness (QED) is 0.801.